The molecule has 0 spiro atoms. The molecule has 0 aromatic heterocycles. The zero-order valence-electron chi connectivity index (χ0n) is 14.4. The predicted molar refractivity (Wildman–Crippen MR) is 94.2 cm³/mol. The molecule has 0 saturated carbocycles. The first-order valence-corrected chi connectivity index (χ1v) is 8.43. The monoisotopic (exact) mass is 357 g/mol. The lowest BCUT2D eigenvalue weighted by Gasteiger charge is -2.27. The summed E-state index contributed by atoms with van der Waals surface area (Å²) < 4.78 is 19.5. The first-order chi connectivity index (χ1) is 12.5. The lowest BCUT2D eigenvalue weighted by molar-refractivity contribution is -0.125. The van der Waals surface area contributed by atoms with Crippen LogP contribution >= 0.6 is 0 Å². The predicted octanol–water partition coefficient (Wildman–Crippen LogP) is 2.59. The van der Waals surface area contributed by atoms with Gasteiger partial charge in [-0.1, -0.05) is 24.3 Å². The first-order valence-electron chi connectivity index (χ1n) is 8.43. The molecule has 2 aromatic carbocycles. The third-order valence-corrected chi connectivity index (χ3v) is 4.42. The van der Waals surface area contributed by atoms with Gasteiger partial charge in [0.25, 0.3) is 5.91 Å². The van der Waals surface area contributed by atoms with Crippen LogP contribution in [-0.4, -0.2) is 48.0 Å². The van der Waals surface area contributed by atoms with E-state index in [-0.39, 0.29) is 17.3 Å². The Morgan fingerprint density at radius 2 is 1.81 bits per heavy atom. The Hall–Kier alpha value is -2.57. The lowest BCUT2D eigenvalue weighted by atomic mass is 9.97. The molecule has 26 heavy (non-hydrogen) atoms. The van der Waals surface area contributed by atoms with Gasteiger partial charge in [0.15, 0.2) is 5.78 Å². The van der Waals surface area contributed by atoms with E-state index in [2.05, 4.69) is 0 Å². The number of ether oxygens (including phenoxy) is 1. The van der Waals surface area contributed by atoms with Crippen molar-refractivity contribution in [1.82, 2.24) is 4.90 Å². The third-order valence-electron chi connectivity index (χ3n) is 4.42. The number of Topliss-reactive ketones (excluding diaryl/α,β-unsaturated/α-hetero) is 1. The number of carbonyl (C=O) groups is 2. The third kappa shape index (κ3) is 3.81. The van der Waals surface area contributed by atoms with E-state index in [1.165, 1.54) is 19.1 Å². The Labute approximate surface area is 151 Å². The molecular weight excluding hydrogens is 337 g/mol. The fourth-order valence-electron chi connectivity index (χ4n) is 2.93. The van der Waals surface area contributed by atoms with Crippen LogP contribution in [0.15, 0.2) is 42.5 Å². The van der Waals surface area contributed by atoms with Crippen LogP contribution in [0.3, 0.4) is 0 Å². The van der Waals surface area contributed by atoms with Crippen molar-refractivity contribution in [1.29, 1.82) is 0 Å². The van der Waals surface area contributed by atoms with Gasteiger partial charge < -0.3 is 14.7 Å². The summed E-state index contributed by atoms with van der Waals surface area (Å²) in [6.45, 7) is 3.07. The Bertz CT molecular complexity index is 830. The standard InChI is InChI=1S/C20H20FNO4/c1-13(23)19(24)16-4-2-3-14(11-16)15-5-6-18(21)17(12-15)20(25)22-7-9-26-10-8-22/h2-6,11-12,19,24H,7-10H2,1H3. The van der Waals surface area contributed by atoms with Crippen molar-refractivity contribution >= 4 is 11.7 Å². The number of aliphatic hydroxyl groups is 1. The highest BCUT2D eigenvalue weighted by Crippen LogP contribution is 2.26. The molecule has 6 heteroatoms. The van der Waals surface area contributed by atoms with E-state index in [0.29, 0.717) is 43.0 Å². The highest BCUT2D eigenvalue weighted by Gasteiger charge is 2.22. The molecule has 1 atom stereocenters. The van der Waals surface area contributed by atoms with Gasteiger partial charge in [-0.3, -0.25) is 9.59 Å². The van der Waals surface area contributed by atoms with Crippen molar-refractivity contribution in [2.45, 2.75) is 13.0 Å². The van der Waals surface area contributed by atoms with Gasteiger partial charge in [-0.05, 0) is 41.8 Å². The van der Waals surface area contributed by atoms with Gasteiger partial charge >= 0.3 is 0 Å². The Kier molecular flexibility index (Phi) is 5.44. The second-order valence-corrected chi connectivity index (χ2v) is 6.24. The molecule has 136 valence electrons. The summed E-state index contributed by atoms with van der Waals surface area (Å²) in [5.41, 5.74) is 1.79. The van der Waals surface area contributed by atoms with E-state index in [9.17, 15) is 19.1 Å². The topological polar surface area (TPSA) is 66.8 Å². The Morgan fingerprint density at radius 3 is 2.50 bits per heavy atom. The number of morpholine rings is 1. The summed E-state index contributed by atoms with van der Waals surface area (Å²) >= 11 is 0. The Morgan fingerprint density at radius 1 is 1.12 bits per heavy atom. The maximum Gasteiger partial charge on any atom is 0.257 e. The number of hydrogen-bond donors (Lipinski definition) is 1. The Balaban J connectivity index is 1.93. The number of aliphatic hydroxyl groups excluding tert-OH is 1. The van der Waals surface area contributed by atoms with E-state index in [4.69, 9.17) is 4.74 Å². The summed E-state index contributed by atoms with van der Waals surface area (Å²) in [7, 11) is 0. The minimum absolute atomic E-state index is 0.00178. The summed E-state index contributed by atoms with van der Waals surface area (Å²) in [6, 6.07) is 11.2. The molecule has 1 unspecified atom stereocenters. The van der Waals surface area contributed by atoms with E-state index in [0.717, 1.165) is 0 Å². The van der Waals surface area contributed by atoms with Gasteiger partial charge in [0, 0.05) is 13.1 Å². The van der Waals surface area contributed by atoms with Crippen LogP contribution in [0.1, 0.15) is 28.9 Å². The van der Waals surface area contributed by atoms with E-state index >= 15 is 0 Å². The zero-order chi connectivity index (χ0) is 18.7. The normalized spacial score (nSPS) is 15.6. The number of carbonyl (C=O) groups excluding carboxylic acids is 2. The fourth-order valence-corrected chi connectivity index (χ4v) is 2.93. The van der Waals surface area contributed by atoms with Gasteiger partial charge in [-0.2, -0.15) is 0 Å². The molecule has 1 aliphatic heterocycles. The molecule has 1 heterocycles. The van der Waals surface area contributed by atoms with Crippen LogP contribution in [0.2, 0.25) is 0 Å². The quantitative estimate of drug-likeness (QED) is 0.913. The van der Waals surface area contributed by atoms with Crippen LogP contribution in [0.25, 0.3) is 11.1 Å². The number of hydrogen-bond acceptors (Lipinski definition) is 4. The van der Waals surface area contributed by atoms with E-state index in [1.54, 1.807) is 35.2 Å². The maximum atomic E-state index is 14.2. The van der Waals surface area contributed by atoms with Crippen LogP contribution in [-0.2, 0) is 9.53 Å². The zero-order valence-corrected chi connectivity index (χ0v) is 14.4. The maximum absolute atomic E-state index is 14.2. The van der Waals surface area contributed by atoms with Crippen LogP contribution in [0, 0.1) is 5.82 Å². The van der Waals surface area contributed by atoms with Crippen LogP contribution in [0.5, 0.6) is 0 Å². The molecule has 5 nitrogen and oxygen atoms in total. The number of ketones is 1. The molecule has 1 amide bonds. The van der Waals surface area contributed by atoms with Crippen LogP contribution in [0.4, 0.5) is 4.39 Å². The molecule has 2 aromatic rings. The summed E-state index contributed by atoms with van der Waals surface area (Å²) in [6.07, 6.45) is -1.20. The second-order valence-electron chi connectivity index (χ2n) is 6.24. The SMILES string of the molecule is CC(=O)C(O)c1cccc(-c2ccc(F)c(C(=O)N3CCOCC3)c2)c1. The fraction of sp³-hybridized carbons (Fsp3) is 0.300. The molecule has 0 radical (unpaired) electrons. The van der Waals surface area contributed by atoms with Gasteiger partial charge in [-0.25, -0.2) is 4.39 Å². The number of halogens is 1. The summed E-state index contributed by atoms with van der Waals surface area (Å²) in [5.74, 6) is -1.30. The van der Waals surface area contributed by atoms with E-state index < -0.39 is 11.9 Å². The molecule has 0 aliphatic carbocycles. The van der Waals surface area contributed by atoms with Crippen molar-refractivity contribution in [2.24, 2.45) is 0 Å². The minimum Gasteiger partial charge on any atom is -0.381 e. The lowest BCUT2D eigenvalue weighted by Crippen LogP contribution is -2.41. The first kappa shape index (κ1) is 18.2. The average Bonchev–Trinajstić information content (AvgIpc) is 2.68. The smallest absolute Gasteiger partial charge is 0.257 e. The van der Waals surface area contributed by atoms with Crippen molar-refractivity contribution in [3.8, 4) is 11.1 Å². The van der Waals surface area contributed by atoms with Gasteiger partial charge in [0.05, 0.1) is 18.8 Å². The molecule has 1 N–H and O–H groups in total. The number of benzene rings is 2. The minimum atomic E-state index is -1.20. The van der Waals surface area contributed by atoms with Gasteiger partial charge in [0.1, 0.15) is 11.9 Å². The highest BCUT2D eigenvalue weighted by atomic mass is 19.1. The molecular formula is C20H20FNO4. The number of rotatable bonds is 4. The van der Waals surface area contributed by atoms with Gasteiger partial charge in [0.2, 0.25) is 0 Å². The van der Waals surface area contributed by atoms with Crippen molar-refractivity contribution in [2.75, 3.05) is 26.3 Å². The summed E-state index contributed by atoms with van der Waals surface area (Å²) in [5, 5.41) is 9.94. The van der Waals surface area contributed by atoms with Crippen molar-refractivity contribution < 1.29 is 23.8 Å². The molecule has 1 saturated heterocycles. The average molecular weight is 357 g/mol. The number of amides is 1. The van der Waals surface area contributed by atoms with Crippen molar-refractivity contribution in [3.63, 3.8) is 0 Å². The van der Waals surface area contributed by atoms with Gasteiger partial charge in [-0.15, -0.1) is 0 Å². The molecule has 1 fully saturated rings. The highest BCUT2D eigenvalue weighted by molar-refractivity contribution is 5.96. The van der Waals surface area contributed by atoms with Crippen LogP contribution < -0.4 is 0 Å². The van der Waals surface area contributed by atoms with E-state index in [1.807, 2.05) is 0 Å². The summed E-state index contributed by atoms with van der Waals surface area (Å²) in [4.78, 5) is 25.6. The molecule has 3 rings (SSSR count). The van der Waals surface area contributed by atoms with Crippen molar-refractivity contribution in [3.05, 3.63) is 59.4 Å². The largest absolute Gasteiger partial charge is 0.381 e. The number of nitrogens with zero attached hydrogens (tertiary/aromatic N) is 1. The molecule has 1 aliphatic rings. The second kappa shape index (κ2) is 7.76. The molecule has 0 bridgehead atoms.